The second kappa shape index (κ2) is 5.48. The highest BCUT2D eigenvalue weighted by Gasteiger charge is 2.46. The van der Waals surface area contributed by atoms with E-state index in [1.165, 1.54) is 18.5 Å². The highest BCUT2D eigenvalue weighted by Crippen LogP contribution is 2.42. The van der Waals surface area contributed by atoms with Crippen LogP contribution in [-0.2, 0) is 9.84 Å². The van der Waals surface area contributed by atoms with Gasteiger partial charge in [-0.1, -0.05) is 0 Å². The summed E-state index contributed by atoms with van der Waals surface area (Å²) in [7, 11) is -2.81. The van der Waals surface area contributed by atoms with E-state index < -0.39 is 9.84 Å². The minimum Gasteiger partial charge on any atom is -0.384 e. The van der Waals surface area contributed by atoms with Crippen molar-refractivity contribution in [3.8, 4) is 0 Å². The standard InChI is InChI=1S/C16H21BrN2O2S/c17-14-9-19-15(11-1-2-11)7-16(14)18-8-10-5-12-3-4-13(6-10)22(12,20)21/h7,9-13H,1-6,8H2,(H,18,19). The molecule has 4 rings (SSSR count). The zero-order valence-electron chi connectivity index (χ0n) is 12.5. The van der Waals surface area contributed by atoms with Gasteiger partial charge in [0, 0.05) is 24.4 Å². The number of fused-ring (bicyclic) bond motifs is 2. The van der Waals surface area contributed by atoms with E-state index >= 15 is 0 Å². The van der Waals surface area contributed by atoms with Crippen LogP contribution in [0.5, 0.6) is 0 Å². The van der Waals surface area contributed by atoms with Gasteiger partial charge in [0.25, 0.3) is 0 Å². The Labute approximate surface area is 140 Å². The monoisotopic (exact) mass is 384 g/mol. The maximum atomic E-state index is 12.1. The Bertz CT molecular complexity index is 667. The van der Waals surface area contributed by atoms with Gasteiger partial charge in [0.05, 0.1) is 20.7 Å². The molecule has 0 radical (unpaired) electrons. The highest BCUT2D eigenvalue weighted by molar-refractivity contribution is 9.10. The molecule has 3 aliphatic rings. The van der Waals surface area contributed by atoms with Crippen molar-refractivity contribution in [2.24, 2.45) is 5.92 Å². The Morgan fingerprint density at radius 3 is 2.50 bits per heavy atom. The zero-order valence-corrected chi connectivity index (χ0v) is 14.9. The Balaban J connectivity index is 1.42. The van der Waals surface area contributed by atoms with Crippen molar-refractivity contribution in [3.63, 3.8) is 0 Å². The van der Waals surface area contributed by atoms with Crippen LogP contribution in [-0.4, -0.2) is 30.4 Å². The van der Waals surface area contributed by atoms with E-state index in [0.29, 0.717) is 11.8 Å². The van der Waals surface area contributed by atoms with E-state index in [1.807, 2.05) is 6.20 Å². The predicted octanol–water partition coefficient (Wildman–Crippen LogP) is 3.49. The lowest BCUT2D eigenvalue weighted by Gasteiger charge is -2.28. The van der Waals surface area contributed by atoms with Crippen LogP contribution >= 0.6 is 15.9 Å². The van der Waals surface area contributed by atoms with Crippen molar-refractivity contribution in [1.82, 2.24) is 4.98 Å². The average molecular weight is 385 g/mol. The normalized spacial score (nSPS) is 32.9. The molecule has 0 amide bonds. The molecule has 0 spiro atoms. The van der Waals surface area contributed by atoms with E-state index in [1.54, 1.807) is 0 Å². The van der Waals surface area contributed by atoms with Gasteiger partial charge in [-0.3, -0.25) is 4.98 Å². The molecule has 2 aliphatic heterocycles. The van der Waals surface area contributed by atoms with Crippen LogP contribution in [0.2, 0.25) is 0 Å². The lowest BCUT2D eigenvalue weighted by atomic mass is 9.99. The molecule has 1 aliphatic carbocycles. The second-order valence-electron chi connectivity index (χ2n) is 6.99. The van der Waals surface area contributed by atoms with Crippen LogP contribution in [0.15, 0.2) is 16.7 Å². The van der Waals surface area contributed by atoms with Crippen LogP contribution in [0.3, 0.4) is 0 Å². The molecule has 1 N–H and O–H groups in total. The quantitative estimate of drug-likeness (QED) is 0.862. The fourth-order valence-corrected chi connectivity index (χ4v) is 6.84. The molecule has 2 bridgehead atoms. The van der Waals surface area contributed by atoms with Gasteiger partial charge in [0.2, 0.25) is 0 Å². The Morgan fingerprint density at radius 1 is 1.18 bits per heavy atom. The van der Waals surface area contributed by atoms with Crippen molar-refractivity contribution in [2.75, 3.05) is 11.9 Å². The third-order valence-corrected chi connectivity index (χ3v) is 8.73. The average Bonchev–Trinajstić information content (AvgIpc) is 3.29. The smallest absolute Gasteiger partial charge is 0.156 e. The molecule has 1 aromatic rings. The van der Waals surface area contributed by atoms with E-state index in [2.05, 4.69) is 32.3 Å². The number of hydrogen-bond donors (Lipinski definition) is 1. The van der Waals surface area contributed by atoms with Crippen LogP contribution in [0.1, 0.15) is 50.1 Å². The van der Waals surface area contributed by atoms with Gasteiger partial charge in [-0.2, -0.15) is 0 Å². The van der Waals surface area contributed by atoms with E-state index in [0.717, 1.165) is 42.4 Å². The van der Waals surface area contributed by atoms with Gasteiger partial charge in [-0.05, 0) is 66.4 Å². The first-order valence-corrected chi connectivity index (χ1v) is 10.6. The first-order valence-electron chi connectivity index (χ1n) is 8.16. The van der Waals surface area contributed by atoms with E-state index in [9.17, 15) is 8.42 Å². The molecule has 2 atom stereocenters. The second-order valence-corrected chi connectivity index (χ2v) is 10.4. The van der Waals surface area contributed by atoms with Gasteiger partial charge in [-0.15, -0.1) is 0 Å². The predicted molar refractivity (Wildman–Crippen MR) is 90.9 cm³/mol. The minimum atomic E-state index is -2.81. The minimum absolute atomic E-state index is 0.0824. The highest BCUT2D eigenvalue weighted by atomic mass is 79.9. The number of hydrogen-bond acceptors (Lipinski definition) is 4. The molecule has 6 heteroatoms. The maximum absolute atomic E-state index is 12.1. The first-order chi connectivity index (χ1) is 10.5. The van der Waals surface area contributed by atoms with Crippen molar-refractivity contribution in [2.45, 2.75) is 54.9 Å². The molecule has 4 nitrogen and oxygen atoms in total. The molecule has 3 fully saturated rings. The van der Waals surface area contributed by atoms with Crippen molar-refractivity contribution in [3.05, 3.63) is 22.4 Å². The summed E-state index contributed by atoms with van der Waals surface area (Å²) in [6, 6.07) is 2.15. The fraction of sp³-hybridized carbons (Fsp3) is 0.688. The third-order valence-electron chi connectivity index (χ3n) is 5.39. The number of sulfone groups is 1. The van der Waals surface area contributed by atoms with Gasteiger partial charge >= 0.3 is 0 Å². The molecule has 120 valence electrons. The van der Waals surface area contributed by atoms with E-state index in [4.69, 9.17) is 0 Å². The SMILES string of the molecule is O=S1(=O)C2CCC1CC(CNc1cc(C3CC3)ncc1Br)C2. The number of nitrogens with zero attached hydrogens (tertiary/aromatic N) is 1. The zero-order chi connectivity index (χ0) is 15.3. The number of halogens is 1. The molecule has 1 saturated carbocycles. The Hall–Kier alpha value is -0.620. The molecule has 22 heavy (non-hydrogen) atoms. The lowest BCUT2D eigenvalue weighted by Crippen LogP contribution is -2.35. The summed E-state index contributed by atoms with van der Waals surface area (Å²) >= 11 is 3.56. The summed E-state index contributed by atoms with van der Waals surface area (Å²) in [5.41, 5.74) is 2.27. The molecule has 1 aromatic heterocycles. The number of rotatable bonds is 4. The van der Waals surface area contributed by atoms with Crippen LogP contribution < -0.4 is 5.32 Å². The number of pyridine rings is 1. The largest absolute Gasteiger partial charge is 0.384 e. The fourth-order valence-electron chi connectivity index (χ4n) is 3.93. The molecule has 2 unspecified atom stereocenters. The summed E-state index contributed by atoms with van der Waals surface area (Å²) in [5, 5.41) is 3.36. The van der Waals surface area contributed by atoms with Gasteiger partial charge in [0.1, 0.15) is 0 Å². The number of anilines is 1. The maximum Gasteiger partial charge on any atom is 0.156 e. The van der Waals surface area contributed by atoms with Gasteiger partial charge in [0.15, 0.2) is 9.84 Å². The number of nitrogens with one attached hydrogen (secondary N) is 1. The number of aromatic nitrogens is 1. The Morgan fingerprint density at radius 2 is 1.86 bits per heavy atom. The summed E-state index contributed by atoms with van der Waals surface area (Å²) in [6.45, 7) is 0.856. The molecular formula is C16H21BrN2O2S. The Kier molecular flexibility index (Phi) is 3.72. The van der Waals surface area contributed by atoms with Crippen molar-refractivity contribution >= 4 is 31.5 Å². The summed E-state index contributed by atoms with van der Waals surface area (Å²) in [5.74, 6) is 1.11. The van der Waals surface area contributed by atoms with Crippen molar-refractivity contribution < 1.29 is 8.42 Å². The molecule has 3 heterocycles. The molecule has 2 saturated heterocycles. The van der Waals surface area contributed by atoms with Crippen LogP contribution in [0.4, 0.5) is 5.69 Å². The van der Waals surface area contributed by atoms with Crippen LogP contribution in [0, 0.1) is 5.92 Å². The van der Waals surface area contributed by atoms with Gasteiger partial charge < -0.3 is 5.32 Å². The lowest BCUT2D eigenvalue weighted by molar-refractivity contribution is 0.443. The summed E-state index contributed by atoms with van der Waals surface area (Å²) < 4.78 is 25.3. The van der Waals surface area contributed by atoms with Crippen LogP contribution in [0.25, 0.3) is 0 Å². The topological polar surface area (TPSA) is 59.1 Å². The van der Waals surface area contributed by atoms with Crippen molar-refractivity contribution in [1.29, 1.82) is 0 Å². The summed E-state index contributed by atoms with van der Waals surface area (Å²) in [6.07, 6.45) is 7.76. The van der Waals surface area contributed by atoms with Gasteiger partial charge in [-0.25, -0.2) is 8.42 Å². The first kappa shape index (κ1) is 14.9. The third kappa shape index (κ3) is 2.68. The molecule has 0 aromatic carbocycles. The molecular weight excluding hydrogens is 364 g/mol. The summed E-state index contributed by atoms with van der Waals surface area (Å²) in [4.78, 5) is 4.48. The van der Waals surface area contributed by atoms with E-state index in [-0.39, 0.29) is 10.5 Å².